The lowest BCUT2D eigenvalue weighted by Crippen LogP contribution is -2.34. The van der Waals surface area contributed by atoms with Crippen LogP contribution in [0.1, 0.15) is 31.4 Å². The Balaban J connectivity index is 1.91. The Labute approximate surface area is 186 Å². The normalized spacial score (nSPS) is 14.3. The van der Waals surface area contributed by atoms with Crippen LogP contribution in [0.4, 0.5) is 5.69 Å². The maximum absolute atomic E-state index is 13.2. The molecule has 30 heavy (non-hydrogen) atoms. The number of hydrogen-bond donors (Lipinski definition) is 1. The summed E-state index contributed by atoms with van der Waals surface area (Å²) in [5.74, 6) is -0.709. The molecule has 1 aliphatic heterocycles. The molecule has 1 N–H and O–H groups in total. The van der Waals surface area contributed by atoms with Crippen molar-refractivity contribution in [1.82, 2.24) is 4.90 Å². The molecule has 0 bridgehead atoms. The summed E-state index contributed by atoms with van der Waals surface area (Å²) < 4.78 is 5.54. The Bertz CT molecular complexity index is 984. The highest BCUT2D eigenvalue weighted by atomic mass is 35.5. The first-order valence-electron chi connectivity index (χ1n) is 9.79. The minimum Gasteiger partial charge on any atom is -0.379 e. The van der Waals surface area contributed by atoms with Gasteiger partial charge in [0.1, 0.15) is 5.70 Å². The highest BCUT2D eigenvalue weighted by molar-refractivity contribution is 6.37. The third-order valence-electron chi connectivity index (χ3n) is 4.72. The molecule has 0 atom stereocenters. The molecule has 0 saturated carbocycles. The number of nitrogens with zero attached hydrogens (tertiary/aromatic N) is 1. The van der Waals surface area contributed by atoms with Crippen molar-refractivity contribution < 1.29 is 14.3 Å². The van der Waals surface area contributed by atoms with Gasteiger partial charge in [-0.25, -0.2) is 0 Å². The van der Waals surface area contributed by atoms with E-state index in [9.17, 15) is 9.59 Å². The van der Waals surface area contributed by atoms with Crippen molar-refractivity contribution in [3.05, 3.63) is 69.3 Å². The van der Waals surface area contributed by atoms with Crippen molar-refractivity contribution in [1.29, 1.82) is 0 Å². The van der Waals surface area contributed by atoms with Crippen molar-refractivity contribution >= 4 is 46.3 Å². The Kier molecular flexibility index (Phi) is 7.19. The molecule has 0 aliphatic carbocycles. The van der Waals surface area contributed by atoms with E-state index >= 15 is 0 Å². The number of hydrogen-bond acceptors (Lipinski definition) is 4. The maximum atomic E-state index is 13.2. The van der Waals surface area contributed by atoms with Crippen LogP contribution in [0.2, 0.25) is 10.0 Å². The molecule has 5 nitrogen and oxygen atoms in total. The van der Waals surface area contributed by atoms with Crippen molar-refractivity contribution in [3.63, 3.8) is 0 Å². The zero-order valence-corrected chi connectivity index (χ0v) is 18.7. The van der Waals surface area contributed by atoms with Crippen molar-refractivity contribution in [3.8, 4) is 0 Å². The van der Waals surface area contributed by atoms with Crippen LogP contribution in [-0.4, -0.2) is 36.0 Å². The predicted octanol–water partition coefficient (Wildman–Crippen LogP) is 5.31. The first-order valence-corrected chi connectivity index (χ1v) is 10.5. The minimum atomic E-state index is -0.369. The second kappa shape index (κ2) is 9.65. The van der Waals surface area contributed by atoms with Crippen LogP contribution in [0.15, 0.2) is 48.2 Å². The first kappa shape index (κ1) is 22.3. The number of anilines is 1. The number of nitrogens with one attached hydrogen (secondary N) is 1. The summed E-state index contributed by atoms with van der Waals surface area (Å²) in [6.45, 7) is 6.54. The van der Waals surface area contributed by atoms with E-state index in [1.165, 1.54) is 4.90 Å². The first-order chi connectivity index (χ1) is 14.3. The summed E-state index contributed by atoms with van der Waals surface area (Å²) in [5, 5.41) is 4.24. The predicted molar refractivity (Wildman–Crippen MR) is 121 cm³/mol. The molecular formula is C23H24Cl2N2O3. The van der Waals surface area contributed by atoms with Crippen LogP contribution in [-0.2, 0) is 14.3 Å². The third-order valence-corrected chi connectivity index (χ3v) is 5.38. The number of imide groups is 1. The molecule has 158 valence electrons. The number of benzene rings is 2. The number of carbonyl (C=O) groups is 2. The van der Waals surface area contributed by atoms with Gasteiger partial charge in [-0.1, -0.05) is 41.4 Å². The van der Waals surface area contributed by atoms with Gasteiger partial charge in [0.05, 0.1) is 11.7 Å². The summed E-state index contributed by atoms with van der Waals surface area (Å²) >= 11 is 12.2. The number of ether oxygens (including phenoxy) is 1. The van der Waals surface area contributed by atoms with E-state index in [0.29, 0.717) is 39.9 Å². The number of aryl methyl sites for hydroxylation is 1. The van der Waals surface area contributed by atoms with Gasteiger partial charge in [0.2, 0.25) is 0 Å². The Morgan fingerprint density at radius 1 is 1.03 bits per heavy atom. The molecule has 0 unspecified atom stereocenters. The summed E-state index contributed by atoms with van der Waals surface area (Å²) in [4.78, 5) is 27.5. The average molecular weight is 447 g/mol. The maximum Gasteiger partial charge on any atom is 0.278 e. The summed E-state index contributed by atoms with van der Waals surface area (Å²) in [7, 11) is 0. The van der Waals surface area contributed by atoms with Crippen LogP contribution in [0.5, 0.6) is 0 Å². The molecule has 7 heteroatoms. The van der Waals surface area contributed by atoms with Gasteiger partial charge < -0.3 is 10.1 Å². The molecule has 3 rings (SSSR count). The van der Waals surface area contributed by atoms with Crippen LogP contribution >= 0.6 is 23.2 Å². The quantitative estimate of drug-likeness (QED) is 0.440. The third kappa shape index (κ3) is 5.04. The minimum absolute atomic E-state index is 0.0984. The summed E-state index contributed by atoms with van der Waals surface area (Å²) in [6.07, 6.45) is 0.661. The number of rotatable bonds is 8. The van der Waals surface area contributed by atoms with Gasteiger partial charge in [-0.05, 0) is 62.6 Å². The van der Waals surface area contributed by atoms with E-state index in [1.807, 2.05) is 32.9 Å². The molecule has 0 aromatic heterocycles. The summed E-state index contributed by atoms with van der Waals surface area (Å²) in [6, 6.07) is 12.3. The highest BCUT2D eigenvalue weighted by Crippen LogP contribution is 2.32. The fourth-order valence-corrected chi connectivity index (χ4v) is 3.44. The van der Waals surface area contributed by atoms with E-state index in [4.69, 9.17) is 27.9 Å². The number of amides is 2. The second-order valence-corrected chi connectivity index (χ2v) is 8.22. The lowest BCUT2D eigenvalue weighted by molar-refractivity contribution is -0.137. The van der Waals surface area contributed by atoms with Crippen LogP contribution in [0.25, 0.3) is 5.57 Å². The second-order valence-electron chi connectivity index (χ2n) is 7.38. The SMILES string of the molecule is Cc1ccc(NC2=C(c3ccc(Cl)cc3)C(=O)N(CCCOC(C)C)C2=O)cc1Cl. The zero-order valence-electron chi connectivity index (χ0n) is 17.2. The van der Waals surface area contributed by atoms with Gasteiger partial charge in [0.15, 0.2) is 0 Å². The summed E-state index contributed by atoms with van der Waals surface area (Å²) in [5.41, 5.74) is 2.73. The van der Waals surface area contributed by atoms with E-state index in [-0.39, 0.29) is 30.2 Å². The van der Waals surface area contributed by atoms with Crippen molar-refractivity contribution in [2.45, 2.75) is 33.3 Å². The molecule has 2 aromatic carbocycles. The van der Waals surface area contributed by atoms with Gasteiger partial charge in [0.25, 0.3) is 11.8 Å². The highest BCUT2D eigenvalue weighted by Gasteiger charge is 2.38. The van der Waals surface area contributed by atoms with Crippen LogP contribution < -0.4 is 5.32 Å². The average Bonchev–Trinajstić information content (AvgIpc) is 2.92. The van der Waals surface area contributed by atoms with Crippen LogP contribution in [0, 0.1) is 6.92 Å². The Morgan fingerprint density at radius 3 is 2.37 bits per heavy atom. The molecular weight excluding hydrogens is 423 g/mol. The van der Waals surface area contributed by atoms with Gasteiger partial charge in [0, 0.05) is 28.9 Å². The monoisotopic (exact) mass is 446 g/mol. The molecule has 1 aliphatic rings. The van der Waals surface area contributed by atoms with Gasteiger partial charge in [-0.15, -0.1) is 0 Å². The Hall–Kier alpha value is -2.34. The zero-order chi connectivity index (χ0) is 21.8. The fraction of sp³-hybridized carbons (Fsp3) is 0.304. The van der Waals surface area contributed by atoms with E-state index < -0.39 is 0 Å². The standard InChI is InChI=1S/C23H24Cl2N2O3/c1-14(2)30-12-4-11-27-22(28)20(16-6-8-17(24)9-7-16)21(23(27)29)26-18-10-5-15(3)19(25)13-18/h5-10,13-14,26H,4,11-12H2,1-3H3. The van der Waals surface area contributed by atoms with Crippen molar-refractivity contribution in [2.75, 3.05) is 18.5 Å². The number of carbonyl (C=O) groups excluding carboxylic acids is 2. The van der Waals surface area contributed by atoms with Gasteiger partial charge in [-0.3, -0.25) is 14.5 Å². The molecule has 0 fully saturated rings. The molecule has 0 spiro atoms. The van der Waals surface area contributed by atoms with E-state index in [2.05, 4.69) is 5.32 Å². The number of halogens is 2. The fourth-order valence-electron chi connectivity index (χ4n) is 3.14. The lowest BCUT2D eigenvalue weighted by atomic mass is 10.0. The molecule has 0 saturated heterocycles. The molecule has 2 aromatic rings. The topological polar surface area (TPSA) is 58.6 Å². The lowest BCUT2D eigenvalue weighted by Gasteiger charge is -2.16. The largest absolute Gasteiger partial charge is 0.379 e. The smallest absolute Gasteiger partial charge is 0.278 e. The van der Waals surface area contributed by atoms with Gasteiger partial charge >= 0.3 is 0 Å². The van der Waals surface area contributed by atoms with Gasteiger partial charge in [-0.2, -0.15) is 0 Å². The Morgan fingerprint density at radius 2 is 1.73 bits per heavy atom. The molecule has 2 amide bonds. The van der Waals surface area contributed by atoms with Crippen molar-refractivity contribution in [2.24, 2.45) is 0 Å². The van der Waals surface area contributed by atoms with Crippen LogP contribution in [0.3, 0.4) is 0 Å². The van der Waals surface area contributed by atoms with E-state index in [0.717, 1.165) is 5.56 Å². The molecule has 1 heterocycles. The van der Waals surface area contributed by atoms with E-state index in [1.54, 1.807) is 30.3 Å². The molecule has 0 radical (unpaired) electrons.